The van der Waals surface area contributed by atoms with E-state index in [1.807, 2.05) is 0 Å². The Morgan fingerprint density at radius 1 is 0.301 bits per heavy atom. The van der Waals surface area contributed by atoms with E-state index in [0.29, 0.717) is 37.5 Å². The van der Waals surface area contributed by atoms with Crippen molar-refractivity contribution >= 4 is 39.5 Å². The van der Waals surface area contributed by atoms with Crippen LogP contribution in [0.3, 0.4) is 0 Å². The summed E-state index contributed by atoms with van der Waals surface area (Å²) in [4.78, 5) is 72.7. The van der Waals surface area contributed by atoms with Gasteiger partial charge in [0.25, 0.3) is 0 Å². The van der Waals surface area contributed by atoms with Gasteiger partial charge in [-0.2, -0.15) is 0 Å². The van der Waals surface area contributed by atoms with Gasteiger partial charge in [-0.1, -0.05) is 319 Å². The number of rotatable bonds is 71. The molecule has 0 aliphatic rings. The molecule has 19 heteroatoms. The molecule has 0 aliphatic carbocycles. The fourth-order valence-electron chi connectivity index (χ4n) is 11.2. The van der Waals surface area contributed by atoms with Gasteiger partial charge >= 0.3 is 39.5 Å². The van der Waals surface area contributed by atoms with Gasteiger partial charge in [0, 0.05) is 25.7 Å². The maximum absolute atomic E-state index is 13.0. The minimum absolute atomic E-state index is 0.105. The molecule has 6 atom stereocenters. The lowest BCUT2D eigenvalue weighted by Gasteiger charge is -2.21. The zero-order chi connectivity index (χ0) is 68.9. The second-order valence-corrected chi connectivity index (χ2v) is 31.3. The highest BCUT2D eigenvalue weighted by atomic mass is 31.2. The van der Waals surface area contributed by atoms with Crippen LogP contribution in [0.4, 0.5) is 0 Å². The number of phosphoric acid groups is 2. The summed E-state index contributed by atoms with van der Waals surface area (Å²) in [5, 5.41) is 10.6. The maximum atomic E-state index is 13.0. The molecule has 0 heterocycles. The lowest BCUT2D eigenvalue weighted by molar-refractivity contribution is -0.161. The van der Waals surface area contributed by atoms with Gasteiger partial charge < -0.3 is 33.8 Å². The number of esters is 4. The molecule has 93 heavy (non-hydrogen) atoms. The summed E-state index contributed by atoms with van der Waals surface area (Å²) in [6.45, 7) is 14.1. The summed E-state index contributed by atoms with van der Waals surface area (Å²) >= 11 is 0. The molecular weight excluding hydrogens is 1220 g/mol. The normalized spacial score (nSPS) is 14.5. The first-order chi connectivity index (χ1) is 44.6. The fraction of sp³-hybridized carbons (Fsp3) is 0.946. The van der Waals surface area contributed by atoms with Crippen molar-refractivity contribution < 1.29 is 80.2 Å². The number of hydrogen-bond donors (Lipinski definition) is 3. The number of phosphoric ester groups is 2. The molecule has 0 rings (SSSR count). The van der Waals surface area contributed by atoms with E-state index in [1.165, 1.54) is 161 Å². The average Bonchev–Trinajstić information content (AvgIpc) is 1.91. The van der Waals surface area contributed by atoms with E-state index in [4.69, 9.17) is 37.0 Å². The van der Waals surface area contributed by atoms with Crippen LogP contribution in [0, 0.1) is 23.7 Å². The van der Waals surface area contributed by atoms with Crippen LogP contribution in [0.2, 0.25) is 0 Å². The Kier molecular flexibility index (Phi) is 62.2. The Labute approximate surface area is 568 Å². The number of ether oxygens (including phenoxy) is 4. The molecule has 17 nitrogen and oxygen atoms in total. The Hall–Kier alpha value is -1.94. The smallest absolute Gasteiger partial charge is 0.462 e. The average molecular weight is 1370 g/mol. The van der Waals surface area contributed by atoms with Crippen molar-refractivity contribution in [1.29, 1.82) is 0 Å². The molecule has 0 saturated heterocycles. The van der Waals surface area contributed by atoms with Crippen LogP contribution >= 0.6 is 15.6 Å². The zero-order valence-corrected chi connectivity index (χ0v) is 62.7. The number of hydrogen-bond acceptors (Lipinski definition) is 15. The van der Waals surface area contributed by atoms with Gasteiger partial charge in [-0.05, 0) is 49.4 Å². The van der Waals surface area contributed by atoms with Gasteiger partial charge in [-0.3, -0.25) is 37.3 Å². The van der Waals surface area contributed by atoms with Crippen LogP contribution in [0.15, 0.2) is 0 Å². The molecule has 0 bridgehead atoms. The highest BCUT2D eigenvalue weighted by molar-refractivity contribution is 7.47. The third-order valence-corrected chi connectivity index (χ3v) is 19.3. The van der Waals surface area contributed by atoms with E-state index >= 15 is 0 Å². The zero-order valence-electron chi connectivity index (χ0n) is 60.9. The number of unbranched alkanes of at least 4 members (excludes halogenated alkanes) is 36. The van der Waals surface area contributed by atoms with Crippen LogP contribution in [-0.2, 0) is 65.4 Å². The minimum Gasteiger partial charge on any atom is -0.462 e. The molecular formula is C74H144O17P2. The Morgan fingerprint density at radius 2 is 0.516 bits per heavy atom. The number of aliphatic hydroxyl groups is 1. The second-order valence-electron chi connectivity index (χ2n) is 28.4. The van der Waals surface area contributed by atoms with Crippen molar-refractivity contribution in [2.75, 3.05) is 39.6 Å². The van der Waals surface area contributed by atoms with Crippen molar-refractivity contribution in [3.63, 3.8) is 0 Å². The van der Waals surface area contributed by atoms with Gasteiger partial charge in [0.2, 0.25) is 0 Å². The third kappa shape index (κ3) is 67.0. The van der Waals surface area contributed by atoms with Gasteiger partial charge in [0.05, 0.1) is 26.4 Å². The highest BCUT2D eigenvalue weighted by Gasteiger charge is 2.30. The van der Waals surface area contributed by atoms with Crippen LogP contribution in [0.1, 0.15) is 370 Å². The molecule has 0 spiro atoms. The van der Waals surface area contributed by atoms with E-state index in [9.17, 15) is 43.2 Å². The predicted octanol–water partition coefficient (Wildman–Crippen LogP) is 21.3. The Morgan fingerprint density at radius 3 is 0.763 bits per heavy atom. The largest absolute Gasteiger partial charge is 0.472 e. The molecule has 0 saturated carbocycles. The van der Waals surface area contributed by atoms with Crippen molar-refractivity contribution in [2.45, 2.75) is 388 Å². The van der Waals surface area contributed by atoms with Crippen LogP contribution < -0.4 is 0 Å². The van der Waals surface area contributed by atoms with Gasteiger partial charge in [0.1, 0.15) is 19.3 Å². The molecule has 0 aromatic rings. The van der Waals surface area contributed by atoms with E-state index in [-0.39, 0.29) is 25.7 Å². The van der Waals surface area contributed by atoms with E-state index in [0.717, 1.165) is 115 Å². The molecule has 0 fully saturated rings. The van der Waals surface area contributed by atoms with Gasteiger partial charge in [-0.25, -0.2) is 9.13 Å². The summed E-state index contributed by atoms with van der Waals surface area (Å²) in [5.74, 6) is 0.896. The molecule has 552 valence electrons. The lowest BCUT2D eigenvalue weighted by Crippen LogP contribution is -2.30. The SMILES string of the molecule is CCC(C)CCCCCCCCCCCCC(=O)O[C@H](COC(=O)CCCCCCCCCC(C)C)COP(=O)(O)OCC(O)COP(=O)(O)OC[C@@H](COC(=O)CCCCCCCCCC(C)C)OC(=O)CCCCCCCCCCCCCCCCCCC(C)C. The van der Waals surface area contributed by atoms with Crippen molar-refractivity contribution in [2.24, 2.45) is 23.7 Å². The molecule has 3 N–H and O–H groups in total. The van der Waals surface area contributed by atoms with Crippen molar-refractivity contribution in [3.05, 3.63) is 0 Å². The first-order valence-electron chi connectivity index (χ1n) is 38.2. The maximum Gasteiger partial charge on any atom is 0.472 e. The molecule has 0 aliphatic heterocycles. The number of aliphatic hydroxyl groups excluding tert-OH is 1. The van der Waals surface area contributed by atoms with Gasteiger partial charge in [0.15, 0.2) is 12.2 Å². The fourth-order valence-corrected chi connectivity index (χ4v) is 12.7. The summed E-state index contributed by atoms with van der Waals surface area (Å²) in [5.41, 5.74) is 0. The van der Waals surface area contributed by atoms with E-state index < -0.39 is 97.5 Å². The van der Waals surface area contributed by atoms with E-state index in [1.54, 1.807) is 0 Å². The molecule has 0 aromatic carbocycles. The molecule has 0 amide bonds. The minimum atomic E-state index is -4.96. The van der Waals surface area contributed by atoms with Crippen LogP contribution in [-0.4, -0.2) is 96.7 Å². The van der Waals surface area contributed by atoms with Crippen molar-refractivity contribution in [1.82, 2.24) is 0 Å². The monoisotopic (exact) mass is 1370 g/mol. The predicted molar refractivity (Wildman–Crippen MR) is 377 cm³/mol. The molecule has 4 unspecified atom stereocenters. The first kappa shape index (κ1) is 91.1. The van der Waals surface area contributed by atoms with E-state index in [2.05, 4.69) is 55.4 Å². The van der Waals surface area contributed by atoms with Gasteiger partial charge in [-0.15, -0.1) is 0 Å². The topological polar surface area (TPSA) is 237 Å². The Balaban J connectivity index is 5.21. The summed E-state index contributed by atoms with van der Waals surface area (Å²) in [6, 6.07) is 0. The van der Waals surface area contributed by atoms with Crippen LogP contribution in [0.5, 0.6) is 0 Å². The lowest BCUT2D eigenvalue weighted by atomic mass is 9.99. The summed E-state index contributed by atoms with van der Waals surface area (Å²) in [6.07, 6.45) is 47.3. The first-order valence-corrected chi connectivity index (χ1v) is 41.2. The molecule has 0 aromatic heterocycles. The van der Waals surface area contributed by atoms with Crippen molar-refractivity contribution in [3.8, 4) is 0 Å². The Bertz CT molecular complexity index is 1840. The van der Waals surface area contributed by atoms with Crippen LogP contribution in [0.25, 0.3) is 0 Å². The summed E-state index contributed by atoms with van der Waals surface area (Å²) in [7, 11) is -9.91. The molecule has 0 radical (unpaired) electrons. The quantitative estimate of drug-likeness (QED) is 0.0222. The number of carbonyl (C=O) groups is 4. The number of carbonyl (C=O) groups excluding carboxylic acids is 4. The highest BCUT2D eigenvalue weighted by Crippen LogP contribution is 2.45. The second kappa shape index (κ2) is 63.5. The third-order valence-electron chi connectivity index (χ3n) is 17.4. The summed E-state index contributed by atoms with van der Waals surface area (Å²) < 4.78 is 68.4. The standard InChI is InChI=1S/C74H144O17P2/c1-9-67(8)53-45-37-29-21-18-19-23-31-41-49-57-74(79)91-70(61-85-72(77)55-47-39-33-25-28-36-44-52-66(6)7)63-89-93(82,83)87-59-68(75)58-86-92(80,81)88-62-69(60-84-71(76)54-46-38-32-24-27-35-43-51-65(4)5)90-73(78)56-48-40-30-22-17-15-13-11-10-12-14-16-20-26-34-42-50-64(2)3/h64-70,75H,9-63H2,1-8H3,(H,80,81)(H,82,83)/t67?,68?,69-,70-/m1/s1.